The van der Waals surface area contributed by atoms with Crippen LogP contribution in [0.15, 0.2) is 24.3 Å². The predicted molar refractivity (Wildman–Crippen MR) is 74.1 cm³/mol. The van der Waals surface area contributed by atoms with Crippen LogP contribution >= 0.6 is 0 Å². The second-order valence-electron chi connectivity index (χ2n) is 5.01. The average Bonchev–Trinajstić information content (AvgIpc) is 2.86. The third-order valence-electron chi connectivity index (χ3n) is 3.08. The van der Waals surface area contributed by atoms with E-state index in [0.717, 1.165) is 5.56 Å². The van der Waals surface area contributed by atoms with Crippen molar-refractivity contribution in [1.82, 2.24) is 15.2 Å². The molecule has 106 valence electrons. The van der Waals surface area contributed by atoms with Gasteiger partial charge in [-0.2, -0.15) is 5.10 Å². The van der Waals surface area contributed by atoms with E-state index >= 15 is 0 Å². The highest BCUT2D eigenvalue weighted by molar-refractivity contribution is 5.33. The first-order valence-corrected chi connectivity index (χ1v) is 6.37. The second kappa shape index (κ2) is 5.79. The number of hydrogen-bond donors (Lipinski definition) is 2. The van der Waals surface area contributed by atoms with Crippen LogP contribution in [0.2, 0.25) is 0 Å². The number of nitro benzene ring substituents is 1. The molecule has 2 aromatic rings. The van der Waals surface area contributed by atoms with Crippen molar-refractivity contribution >= 4 is 5.69 Å². The molecule has 2 rings (SSSR count). The lowest BCUT2D eigenvalue weighted by Crippen LogP contribution is -2.18. The molecule has 0 aliphatic heterocycles. The van der Waals surface area contributed by atoms with Gasteiger partial charge in [-0.3, -0.25) is 15.2 Å². The Hall–Kier alpha value is -2.28. The summed E-state index contributed by atoms with van der Waals surface area (Å²) in [4.78, 5) is 14.5. The Labute approximate surface area is 116 Å². The van der Waals surface area contributed by atoms with Crippen LogP contribution in [0.25, 0.3) is 0 Å². The Morgan fingerprint density at radius 1 is 1.35 bits per heavy atom. The van der Waals surface area contributed by atoms with Gasteiger partial charge < -0.3 is 5.73 Å². The molecule has 0 saturated heterocycles. The van der Waals surface area contributed by atoms with E-state index in [1.54, 1.807) is 12.1 Å². The van der Waals surface area contributed by atoms with Crippen molar-refractivity contribution in [2.75, 3.05) is 0 Å². The minimum absolute atomic E-state index is 0.0776. The minimum atomic E-state index is -0.419. The molecule has 1 atom stereocenters. The summed E-state index contributed by atoms with van der Waals surface area (Å²) in [5, 5.41) is 17.5. The maximum absolute atomic E-state index is 10.6. The van der Waals surface area contributed by atoms with E-state index in [2.05, 4.69) is 15.2 Å². The van der Waals surface area contributed by atoms with Crippen LogP contribution in [-0.4, -0.2) is 20.1 Å². The zero-order valence-corrected chi connectivity index (χ0v) is 11.4. The molecule has 0 bridgehead atoms. The first-order valence-electron chi connectivity index (χ1n) is 6.37. The Kier molecular flexibility index (Phi) is 4.09. The van der Waals surface area contributed by atoms with E-state index in [9.17, 15) is 10.1 Å². The fraction of sp³-hybridized carbons (Fsp3) is 0.385. The van der Waals surface area contributed by atoms with Crippen LogP contribution in [0.4, 0.5) is 5.69 Å². The topological polar surface area (TPSA) is 111 Å². The number of nitrogens with two attached hydrogens (primary N) is 1. The molecule has 0 spiro atoms. The zero-order valence-electron chi connectivity index (χ0n) is 11.4. The van der Waals surface area contributed by atoms with Crippen LogP contribution in [0.3, 0.4) is 0 Å². The van der Waals surface area contributed by atoms with E-state index in [1.165, 1.54) is 12.1 Å². The highest BCUT2D eigenvalue weighted by Crippen LogP contribution is 2.17. The van der Waals surface area contributed by atoms with Crippen molar-refractivity contribution in [3.8, 4) is 0 Å². The van der Waals surface area contributed by atoms with Crippen LogP contribution < -0.4 is 5.73 Å². The highest BCUT2D eigenvalue weighted by Gasteiger charge is 2.16. The van der Waals surface area contributed by atoms with Crippen LogP contribution in [-0.2, 0) is 6.42 Å². The molecule has 0 fully saturated rings. The van der Waals surface area contributed by atoms with Crippen LogP contribution in [0.1, 0.15) is 37.1 Å². The van der Waals surface area contributed by atoms with Gasteiger partial charge in [-0.05, 0) is 11.5 Å². The summed E-state index contributed by atoms with van der Waals surface area (Å²) in [6, 6.07) is 6.18. The summed E-state index contributed by atoms with van der Waals surface area (Å²) in [6.45, 7) is 4.02. The third-order valence-corrected chi connectivity index (χ3v) is 3.08. The quantitative estimate of drug-likeness (QED) is 0.640. The van der Waals surface area contributed by atoms with E-state index in [-0.39, 0.29) is 17.6 Å². The van der Waals surface area contributed by atoms with Gasteiger partial charge in [-0.25, -0.2) is 4.98 Å². The van der Waals surface area contributed by atoms with Gasteiger partial charge in [0.2, 0.25) is 0 Å². The largest absolute Gasteiger partial charge is 0.321 e. The fourth-order valence-electron chi connectivity index (χ4n) is 1.77. The number of aromatic amines is 1. The SMILES string of the molecule is CC(C)C(N)c1n[nH]c(Cc2ccc([N+](=O)[O-])cc2)n1. The fourth-order valence-corrected chi connectivity index (χ4v) is 1.77. The standard InChI is InChI=1S/C13H17N5O2/c1-8(2)12(14)13-15-11(16-17-13)7-9-3-5-10(6-4-9)18(19)20/h3-6,8,12H,7,14H2,1-2H3,(H,15,16,17). The number of non-ortho nitro benzene ring substituents is 1. The Morgan fingerprint density at radius 2 is 2.00 bits per heavy atom. The molecule has 20 heavy (non-hydrogen) atoms. The summed E-state index contributed by atoms with van der Waals surface area (Å²) in [5.74, 6) is 1.56. The van der Waals surface area contributed by atoms with Crippen molar-refractivity contribution in [3.63, 3.8) is 0 Å². The molecule has 1 aromatic carbocycles. The van der Waals surface area contributed by atoms with Crippen molar-refractivity contribution in [1.29, 1.82) is 0 Å². The maximum Gasteiger partial charge on any atom is 0.269 e. The molecular weight excluding hydrogens is 258 g/mol. The lowest BCUT2D eigenvalue weighted by molar-refractivity contribution is -0.384. The predicted octanol–water partition coefficient (Wildman–Crippen LogP) is 1.96. The molecule has 3 N–H and O–H groups in total. The normalized spacial score (nSPS) is 12.6. The highest BCUT2D eigenvalue weighted by atomic mass is 16.6. The molecule has 1 unspecified atom stereocenters. The number of hydrogen-bond acceptors (Lipinski definition) is 5. The molecule has 0 saturated carbocycles. The number of nitrogens with zero attached hydrogens (tertiary/aromatic N) is 3. The maximum atomic E-state index is 10.6. The average molecular weight is 275 g/mol. The Morgan fingerprint density at radius 3 is 2.55 bits per heavy atom. The zero-order chi connectivity index (χ0) is 14.7. The van der Waals surface area contributed by atoms with Crippen molar-refractivity contribution in [2.45, 2.75) is 26.3 Å². The summed E-state index contributed by atoms with van der Waals surface area (Å²) in [7, 11) is 0. The van der Waals surface area contributed by atoms with E-state index in [4.69, 9.17) is 5.73 Å². The Balaban J connectivity index is 2.08. The summed E-state index contributed by atoms with van der Waals surface area (Å²) >= 11 is 0. The van der Waals surface area contributed by atoms with Crippen LogP contribution in [0, 0.1) is 16.0 Å². The molecular formula is C13H17N5O2. The van der Waals surface area contributed by atoms with Crippen molar-refractivity contribution in [2.24, 2.45) is 11.7 Å². The monoisotopic (exact) mass is 275 g/mol. The van der Waals surface area contributed by atoms with Gasteiger partial charge in [0.1, 0.15) is 5.82 Å². The van der Waals surface area contributed by atoms with Crippen molar-refractivity contribution < 1.29 is 4.92 Å². The van der Waals surface area contributed by atoms with Gasteiger partial charge in [0.15, 0.2) is 5.82 Å². The molecule has 0 radical (unpaired) electrons. The number of nitrogens with one attached hydrogen (secondary N) is 1. The van der Waals surface area contributed by atoms with Gasteiger partial charge in [0.25, 0.3) is 5.69 Å². The van der Waals surface area contributed by atoms with Crippen LogP contribution in [0.5, 0.6) is 0 Å². The molecule has 0 aliphatic rings. The smallest absolute Gasteiger partial charge is 0.269 e. The first kappa shape index (κ1) is 14.1. The Bertz CT molecular complexity index is 591. The molecule has 0 aliphatic carbocycles. The summed E-state index contributed by atoms with van der Waals surface area (Å²) < 4.78 is 0. The number of aromatic nitrogens is 3. The van der Waals surface area contributed by atoms with Gasteiger partial charge >= 0.3 is 0 Å². The van der Waals surface area contributed by atoms with Gasteiger partial charge in [0.05, 0.1) is 11.0 Å². The second-order valence-corrected chi connectivity index (χ2v) is 5.01. The lowest BCUT2D eigenvalue weighted by Gasteiger charge is -2.10. The first-order chi connectivity index (χ1) is 9.47. The number of nitro groups is 1. The number of benzene rings is 1. The lowest BCUT2D eigenvalue weighted by atomic mass is 10.1. The number of H-pyrrole nitrogens is 1. The molecule has 7 heteroatoms. The van der Waals surface area contributed by atoms with Gasteiger partial charge in [-0.15, -0.1) is 0 Å². The minimum Gasteiger partial charge on any atom is -0.321 e. The molecule has 7 nitrogen and oxygen atoms in total. The molecule has 0 amide bonds. The molecule has 1 heterocycles. The van der Waals surface area contributed by atoms with E-state index in [1.807, 2.05) is 13.8 Å². The third kappa shape index (κ3) is 3.18. The summed E-state index contributed by atoms with van der Waals surface area (Å²) in [5.41, 5.74) is 6.98. The van der Waals surface area contributed by atoms with Crippen molar-refractivity contribution in [3.05, 3.63) is 51.6 Å². The van der Waals surface area contributed by atoms with E-state index < -0.39 is 4.92 Å². The molecule has 1 aromatic heterocycles. The number of rotatable bonds is 5. The van der Waals surface area contributed by atoms with Gasteiger partial charge in [-0.1, -0.05) is 26.0 Å². The summed E-state index contributed by atoms with van der Waals surface area (Å²) in [6.07, 6.45) is 0.538. The van der Waals surface area contributed by atoms with Gasteiger partial charge in [0, 0.05) is 18.6 Å². The van der Waals surface area contributed by atoms with E-state index in [0.29, 0.717) is 18.1 Å².